The van der Waals surface area contributed by atoms with E-state index < -0.39 is 0 Å². The minimum Gasteiger partial charge on any atom is -0.339 e. The summed E-state index contributed by atoms with van der Waals surface area (Å²) in [5.74, 6) is -0.169. The van der Waals surface area contributed by atoms with Crippen LogP contribution in [0.25, 0.3) is 0 Å². The van der Waals surface area contributed by atoms with Crippen LogP contribution < -0.4 is 5.32 Å². The largest absolute Gasteiger partial charge is 0.339 e. The van der Waals surface area contributed by atoms with Gasteiger partial charge >= 0.3 is 0 Å². The van der Waals surface area contributed by atoms with E-state index in [1.165, 1.54) is 0 Å². The highest BCUT2D eigenvalue weighted by Gasteiger charge is 2.18. The lowest BCUT2D eigenvalue weighted by atomic mass is 10.0. The van der Waals surface area contributed by atoms with Crippen LogP contribution in [0.5, 0.6) is 0 Å². The first-order valence-electron chi connectivity index (χ1n) is 7.43. The van der Waals surface area contributed by atoms with Crippen LogP contribution in [0.3, 0.4) is 0 Å². The summed E-state index contributed by atoms with van der Waals surface area (Å²) in [6.45, 7) is 1.89. The van der Waals surface area contributed by atoms with E-state index in [2.05, 4.69) is 15.3 Å². The van der Waals surface area contributed by atoms with Gasteiger partial charge in [0.15, 0.2) is 0 Å². The summed E-state index contributed by atoms with van der Waals surface area (Å²) in [5, 5.41) is 3.04. The maximum atomic E-state index is 12.5. The molecule has 0 saturated carbocycles. The first-order valence-corrected chi connectivity index (χ1v) is 7.43. The highest BCUT2D eigenvalue weighted by molar-refractivity contribution is 5.94. The Hall–Kier alpha value is -3.01. The van der Waals surface area contributed by atoms with Gasteiger partial charge in [-0.1, -0.05) is 36.4 Å². The third-order valence-electron chi connectivity index (χ3n) is 3.57. The Balaban J connectivity index is 1.90. The Kier molecular flexibility index (Phi) is 4.43. The van der Waals surface area contributed by atoms with Crippen molar-refractivity contribution in [2.75, 3.05) is 0 Å². The fourth-order valence-corrected chi connectivity index (χ4v) is 2.34. The number of pyridine rings is 2. The van der Waals surface area contributed by atoms with Gasteiger partial charge in [-0.05, 0) is 36.8 Å². The molecule has 0 saturated heterocycles. The van der Waals surface area contributed by atoms with Crippen molar-refractivity contribution in [3.63, 3.8) is 0 Å². The zero-order chi connectivity index (χ0) is 16.1. The molecule has 0 bridgehead atoms. The Bertz CT molecular complexity index is 731. The number of amides is 1. The lowest BCUT2D eigenvalue weighted by Crippen LogP contribution is -2.30. The summed E-state index contributed by atoms with van der Waals surface area (Å²) >= 11 is 0. The molecule has 0 spiro atoms. The SMILES string of the molecule is Cc1ccc(C(=O)NC(c2ccccc2)c2ccccn2)cn1. The molecule has 0 aliphatic rings. The second-order valence-corrected chi connectivity index (χ2v) is 5.26. The molecule has 0 aliphatic heterocycles. The standard InChI is InChI=1S/C19H17N3O/c1-14-10-11-16(13-21-14)19(23)22-18(15-7-3-2-4-8-15)17-9-5-6-12-20-17/h2-13,18H,1H3,(H,22,23). The second kappa shape index (κ2) is 6.83. The van der Waals surface area contributed by atoms with E-state index in [4.69, 9.17) is 0 Å². The molecule has 1 amide bonds. The molecule has 1 aromatic carbocycles. The van der Waals surface area contributed by atoms with E-state index in [1.807, 2.05) is 61.5 Å². The van der Waals surface area contributed by atoms with Crippen LogP contribution in [0.1, 0.15) is 33.4 Å². The molecule has 2 aromatic heterocycles. The number of nitrogens with zero attached hydrogens (tertiary/aromatic N) is 2. The van der Waals surface area contributed by atoms with E-state index in [0.29, 0.717) is 5.56 Å². The summed E-state index contributed by atoms with van der Waals surface area (Å²) in [4.78, 5) is 21.1. The maximum absolute atomic E-state index is 12.5. The molecule has 4 heteroatoms. The molecule has 1 unspecified atom stereocenters. The first kappa shape index (κ1) is 14.9. The van der Waals surface area contributed by atoms with Crippen LogP contribution in [0.15, 0.2) is 73.1 Å². The van der Waals surface area contributed by atoms with E-state index in [0.717, 1.165) is 17.0 Å². The van der Waals surface area contributed by atoms with Gasteiger partial charge in [0.05, 0.1) is 17.3 Å². The van der Waals surface area contributed by atoms with Crippen LogP contribution in [0.4, 0.5) is 0 Å². The van der Waals surface area contributed by atoms with Crippen LogP contribution in [0, 0.1) is 6.92 Å². The number of hydrogen-bond acceptors (Lipinski definition) is 3. The minimum absolute atomic E-state index is 0.169. The first-order chi connectivity index (χ1) is 11.2. The van der Waals surface area contributed by atoms with Crippen molar-refractivity contribution in [3.05, 3.63) is 95.6 Å². The third-order valence-corrected chi connectivity index (χ3v) is 3.57. The topological polar surface area (TPSA) is 54.9 Å². The van der Waals surface area contributed by atoms with Gasteiger partial charge in [0.25, 0.3) is 5.91 Å². The van der Waals surface area contributed by atoms with Crippen molar-refractivity contribution in [2.24, 2.45) is 0 Å². The summed E-state index contributed by atoms with van der Waals surface area (Å²) in [6, 6.07) is 18.8. The molecule has 1 N–H and O–H groups in total. The van der Waals surface area contributed by atoms with E-state index >= 15 is 0 Å². The Morgan fingerprint density at radius 3 is 2.39 bits per heavy atom. The van der Waals surface area contributed by atoms with Crippen LogP contribution >= 0.6 is 0 Å². The molecular weight excluding hydrogens is 286 g/mol. The predicted octanol–water partition coefficient (Wildman–Crippen LogP) is 3.30. The fourth-order valence-electron chi connectivity index (χ4n) is 2.34. The Morgan fingerprint density at radius 2 is 1.74 bits per heavy atom. The lowest BCUT2D eigenvalue weighted by molar-refractivity contribution is 0.0942. The molecule has 3 aromatic rings. The van der Waals surface area contributed by atoms with Crippen molar-refractivity contribution in [1.29, 1.82) is 0 Å². The smallest absolute Gasteiger partial charge is 0.253 e. The highest BCUT2D eigenvalue weighted by Crippen LogP contribution is 2.20. The number of rotatable bonds is 4. The molecule has 4 nitrogen and oxygen atoms in total. The van der Waals surface area contributed by atoms with Crippen molar-refractivity contribution >= 4 is 5.91 Å². The van der Waals surface area contributed by atoms with Gasteiger partial charge in [-0.25, -0.2) is 0 Å². The quantitative estimate of drug-likeness (QED) is 0.804. The molecule has 23 heavy (non-hydrogen) atoms. The molecule has 3 rings (SSSR count). The predicted molar refractivity (Wildman–Crippen MR) is 89.0 cm³/mol. The number of nitrogens with one attached hydrogen (secondary N) is 1. The zero-order valence-corrected chi connectivity index (χ0v) is 12.8. The highest BCUT2D eigenvalue weighted by atomic mass is 16.1. The van der Waals surface area contributed by atoms with Gasteiger partial charge < -0.3 is 5.32 Å². The van der Waals surface area contributed by atoms with Crippen molar-refractivity contribution < 1.29 is 4.79 Å². The molecule has 0 radical (unpaired) electrons. The fraction of sp³-hybridized carbons (Fsp3) is 0.105. The summed E-state index contributed by atoms with van der Waals surface area (Å²) in [5.41, 5.74) is 3.20. The maximum Gasteiger partial charge on any atom is 0.253 e. The Morgan fingerprint density at radius 1 is 0.957 bits per heavy atom. The minimum atomic E-state index is -0.300. The van der Waals surface area contributed by atoms with Gasteiger partial charge in [-0.15, -0.1) is 0 Å². The normalized spacial score (nSPS) is 11.7. The molecule has 0 fully saturated rings. The molecule has 2 heterocycles. The van der Waals surface area contributed by atoms with Gasteiger partial charge in [0.2, 0.25) is 0 Å². The van der Waals surface area contributed by atoms with Crippen LogP contribution in [-0.2, 0) is 0 Å². The third kappa shape index (κ3) is 3.61. The van der Waals surface area contributed by atoms with E-state index in [1.54, 1.807) is 18.5 Å². The zero-order valence-electron chi connectivity index (χ0n) is 12.8. The number of aromatic nitrogens is 2. The van der Waals surface area contributed by atoms with Gasteiger partial charge in [0.1, 0.15) is 0 Å². The number of hydrogen-bond donors (Lipinski definition) is 1. The molecule has 0 aliphatic carbocycles. The van der Waals surface area contributed by atoms with Crippen molar-refractivity contribution in [2.45, 2.75) is 13.0 Å². The molecule has 114 valence electrons. The van der Waals surface area contributed by atoms with Gasteiger partial charge in [-0.3, -0.25) is 14.8 Å². The van der Waals surface area contributed by atoms with Gasteiger partial charge in [-0.2, -0.15) is 0 Å². The van der Waals surface area contributed by atoms with Crippen molar-refractivity contribution in [3.8, 4) is 0 Å². The summed E-state index contributed by atoms with van der Waals surface area (Å²) in [7, 11) is 0. The number of carbonyl (C=O) groups excluding carboxylic acids is 1. The summed E-state index contributed by atoms with van der Waals surface area (Å²) < 4.78 is 0. The molecular formula is C19H17N3O. The molecule has 1 atom stereocenters. The Labute approximate surface area is 135 Å². The lowest BCUT2D eigenvalue weighted by Gasteiger charge is -2.19. The number of aryl methyl sites for hydroxylation is 1. The number of benzene rings is 1. The average Bonchev–Trinajstić information content (AvgIpc) is 2.61. The van der Waals surface area contributed by atoms with E-state index in [-0.39, 0.29) is 11.9 Å². The van der Waals surface area contributed by atoms with Gasteiger partial charge in [0, 0.05) is 18.1 Å². The second-order valence-electron chi connectivity index (χ2n) is 5.26. The van der Waals surface area contributed by atoms with Crippen LogP contribution in [-0.4, -0.2) is 15.9 Å². The van der Waals surface area contributed by atoms with Crippen LogP contribution in [0.2, 0.25) is 0 Å². The average molecular weight is 303 g/mol. The van der Waals surface area contributed by atoms with Crippen molar-refractivity contribution in [1.82, 2.24) is 15.3 Å². The van der Waals surface area contributed by atoms with E-state index in [9.17, 15) is 4.79 Å². The summed E-state index contributed by atoms with van der Waals surface area (Å²) in [6.07, 6.45) is 3.32. The monoisotopic (exact) mass is 303 g/mol. The number of carbonyl (C=O) groups is 1.